The van der Waals surface area contributed by atoms with Crippen molar-refractivity contribution >= 4 is 16.9 Å². The molecule has 0 spiro atoms. The van der Waals surface area contributed by atoms with Crippen molar-refractivity contribution in [2.24, 2.45) is 0 Å². The first-order valence-corrected chi connectivity index (χ1v) is 7.14. The summed E-state index contributed by atoms with van der Waals surface area (Å²) in [6, 6.07) is 8.03. The minimum atomic E-state index is -0.788. The Morgan fingerprint density at radius 2 is 2.05 bits per heavy atom. The van der Waals surface area contributed by atoms with Gasteiger partial charge in [-0.2, -0.15) is 0 Å². The maximum atomic E-state index is 10.8. The van der Waals surface area contributed by atoms with Crippen LogP contribution in [0.25, 0.3) is 10.9 Å². The highest BCUT2D eigenvalue weighted by atomic mass is 16.7. The predicted molar refractivity (Wildman–Crippen MR) is 78.2 cm³/mol. The number of hydrogen-bond acceptors (Lipinski definition) is 3. The molecule has 0 radical (unpaired) electrons. The minimum Gasteiger partial charge on any atom is -0.481 e. The maximum absolute atomic E-state index is 10.8. The van der Waals surface area contributed by atoms with Gasteiger partial charge in [-0.1, -0.05) is 18.2 Å². The van der Waals surface area contributed by atoms with Crippen LogP contribution in [0.4, 0.5) is 0 Å². The molecule has 2 heterocycles. The Bertz CT molecular complexity index is 655. The number of aliphatic carboxylic acids is 1. The maximum Gasteiger partial charge on any atom is 0.305 e. The first-order chi connectivity index (χ1) is 10.1. The van der Waals surface area contributed by atoms with Gasteiger partial charge < -0.3 is 19.1 Å². The van der Waals surface area contributed by atoms with Crippen LogP contribution in [0.15, 0.2) is 30.5 Å². The van der Waals surface area contributed by atoms with Crippen molar-refractivity contribution in [3.8, 4) is 0 Å². The van der Waals surface area contributed by atoms with E-state index in [1.807, 2.05) is 35.9 Å². The molecule has 2 aromatic rings. The third-order valence-electron chi connectivity index (χ3n) is 3.85. The number of aryl methyl sites for hydroxylation is 1. The highest BCUT2D eigenvalue weighted by Gasteiger charge is 2.32. The summed E-state index contributed by atoms with van der Waals surface area (Å²) >= 11 is 0. The van der Waals surface area contributed by atoms with Gasteiger partial charge in [0.2, 0.25) is 0 Å². The zero-order valence-corrected chi connectivity index (χ0v) is 12.0. The summed E-state index contributed by atoms with van der Waals surface area (Å²) in [5.41, 5.74) is 2.18. The average molecular weight is 289 g/mol. The molecule has 0 bridgehead atoms. The summed E-state index contributed by atoms with van der Waals surface area (Å²) in [7, 11) is 0. The van der Waals surface area contributed by atoms with Gasteiger partial charge in [-0.3, -0.25) is 4.79 Å². The molecular formula is C16H19NO4. The second-order valence-corrected chi connectivity index (χ2v) is 5.52. The number of ether oxygens (including phenoxy) is 2. The quantitative estimate of drug-likeness (QED) is 0.918. The topological polar surface area (TPSA) is 60.7 Å². The first-order valence-electron chi connectivity index (χ1n) is 7.14. The van der Waals surface area contributed by atoms with Crippen molar-refractivity contribution < 1.29 is 19.4 Å². The van der Waals surface area contributed by atoms with Gasteiger partial charge in [0.1, 0.15) is 0 Å². The Morgan fingerprint density at radius 3 is 2.76 bits per heavy atom. The van der Waals surface area contributed by atoms with Crippen molar-refractivity contribution in [2.45, 2.75) is 32.1 Å². The zero-order chi connectivity index (χ0) is 14.9. The van der Waals surface area contributed by atoms with Crippen molar-refractivity contribution in [1.29, 1.82) is 0 Å². The number of hydrogen-bond donors (Lipinski definition) is 1. The Labute approximate surface area is 123 Å². The average Bonchev–Trinajstić information content (AvgIpc) is 3.02. The molecule has 0 aliphatic carbocycles. The van der Waals surface area contributed by atoms with Gasteiger partial charge >= 0.3 is 5.97 Å². The summed E-state index contributed by atoms with van der Waals surface area (Å²) < 4.78 is 13.3. The summed E-state index contributed by atoms with van der Waals surface area (Å²) in [5, 5.41) is 10.00. The van der Waals surface area contributed by atoms with Gasteiger partial charge in [0.05, 0.1) is 19.6 Å². The molecule has 0 saturated carbocycles. The van der Waals surface area contributed by atoms with E-state index in [0.717, 1.165) is 16.5 Å². The third kappa shape index (κ3) is 2.94. The molecular weight excluding hydrogens is 270 g/mol. The number of benzene rings is 1. The molecule has 1 aliphatic rings. The van der Waals surface area contributed by atoms with E-state index in [1.54, 1.807) is 0 Å². The number of nitrogens with zero attached hydrogens (tertiary/aromatic N) is 1. The van der Waals surface area contributed by atoms with Gasteiger partial charge in [0, 0.05) is 30.1 Å². The molecule has 112 valence electrons. The van der Waals surface area contributed by atoms with E-state index in [4.69, 9.17) is 14.6 Å². The van der Waals surface area contributed by atoms with Crippen LogP contribution in [0.5, 0.6) is 0 Å². The standard InChI is InChI=1S/C16H19NO4/c1-16(20-8-9-21-16)10-12-11-17(7-6-15(18)19)14-5-3-2-4-13(12)14/h2-5,11H,6-10H2,1H3,(H,18,19). The normalized spacial score (nSPS) is 17.4. The third-order valence-corrected chi connectivity index (χ3v) is 3.85. The fourth-order valence-electron chi connectivity index (χ4n) is 2.87. The van der Waals surface area contributed by atoms with Crippen LogP contribution in [0.1, 0.15) is 18.9 Å². The van der Waals surface area contributed by atoms with Crippen LogP contribution < -0.4 is 0 Å². The number of carbonyl (C=O) groups is 1. The Hall–Kier alpha value is -1.85. The summed E-state index contributed by atoms with van der Waals surface area (Å²) in [6.07, 6.45) is 2.79. The van der Waals surface area contributed by atoms with Crippen LogP contribution >= 0.6 is 0 Å². The SMILES string of the molecule is CC1(Cc2cn(CCC(=O)O)c3ccccc23)OCCO1. The number of carboxylic acids is 1. The number of aromatic nitrogens is 1. The highest BCUT2D eigenvalue weighted by Crippen LogP contribution is 2.29. The van der Waals surface area contributed by atoms with Crippen LogP contribution in [0.2, 0.25) is 0 Å². The second kappa shape index (κ2) is 5.50. The lowest BCUT2D eigenvalue weighted by atomic mass is 10.1. The molecule has 1 aromatic carbocycles. The highest BCUT2D eigenvalue weighted by molar-refractivity contribution is 5.84. The molecule has 0 atom stereocenters. The predicted octanol–water partition coefficient (Wildman–Crippen LogP) is 2.42. The molecule has 1 aliphatic heterocycles. The number of para-hydroxylation sites is 1. The number of carboxylic acid groups (broad SMARTS) is 1. The van der Waals surface area contributed by atoms with E-state index >= 15 is 0 Å². The molecule has 21 heavy (non-hydrogen) atoms. The van der Waals surface area contributed by atoms with E-state index in [-0.39, 0.29) is 6.42 Å². The summed E-state index contributed by atoms with van der Waals surface area (Å²) in [6.45, 7) is 3.65. The Balaban J connectivity index is 1.92. The Morgan fingerprint density at radius 1 is 1.33 bits per heavy atom. The van der Waals surface area contributed by atoms with Gasteiger partial charge in [0.15, 0.2) is 5.79 Å². The molecule has 5 nitrogen and oxygen atoms in total. The number of fused-ring (bicyclic) bond motifs is 1. The van der Waals surface area contributed by atoms with E-state index in [1.165, 1.54) is 0 Å². The molecule has 1 saturated heterocycles. The smallest absolute Gasteiger partial charge is 0.305 e. The van der Waals surface area contributed by atoms with E-state index in [0.29, 0.717) is 26.2 Å². The van der Waals surface area contributed by atoms with Crippen LogP contribution in [0, 0.1) is 0 Å². The van der Waals surface area contributed by atoms with E-state index in [2.05, 4.69) is 6.07 Å². The Kier molecular flexibility index (Phi) is 3.69. The van der Waals surface area contributed by atoms with Crippen molar-refractivity contribution in [3.63, 3.8) is 0 Å². The monoisotopic (exact) mass is 289 g/mol. The molecule has 1 fully saturated rings. The van der Waals surface area contributed by atoms with Crippen molar-refractivity contribution in [2.75, 3.05) is 13.2 Å². The summed E-state index contributed by atoms with van der Waals surface area (Å²) in [4.78, 5) is 10.8. The fourth-order valence-corrected chi connectivity index (χ4v) is 2.87. The van der Waals surface area contributed by atoms with Crippen molar-refractivity contribution in [1.82, 2.24) is 4.57 Å². The lowest BCUT2D eigenvalue weighted by molar-refractivity contribution is -0.140. The number of rotatable bonds is 5. The van der Waals surface area contributed by atoms with Gasteiger partial charge in [-0.05, 0) is 18.6 Å². The molecule has 0 amide bonds. The van der Waals surface area contributed by atoms with E-state index in [9.17, 15) is 4.79 Å². The summed E-state index contributed by atoms with van der Waals surface area (Å²) in [5.74, 6) is -1.37. The molecule has 5 heteroatoms. The molecule has 1 aromatic heterocycles. The van der Waals surface area contributed by atoms with Crippen LogP contribution in [-0.2, 0) is 27.2 Å². The van der Waals surface area contributed by atoms with Gasteiger partial charge in [-0.15, -0.1) is 0 Å². The molecule has 0 unspecified atom stereocenters. The minimum absolute atomic E-state index is 0.113. The van der Waals surface area contributed by atoms with Crippen molar-refractivity contribution in [3.05, 3.63) is 36.0 Å². The molecule has 1 N–H and O–H groups in total. The lowest BCUT2D eigenvalue weighted by Crippen LogP contribution is -2.28. The van der Waals surface area contributed by atoms with Crippen LogP contribution in [0.3, 0.4) is 0 Å². The van der Waals surface area contributed by atoms with Gasteiger partial charge in [-0.25, -0.2) is 0 Å². The lowest BCUT2D eigenvalue weighted by Gasteiger charge is -2.21. The first kappa shape index (κ1) is 14.1. The van der Waals surface area contributed by atoms with E-state index < -0.39 is 11.8 Å². The largest absolute Gasteiger partial charge is 0.481 e. The van der Waals surface area contributed by atoms with Gasteiger partial charge in [0.25, 0.3) is 0 Å². The molecule has 3 rings (SSSR count). The van der Waals surface area contributed by atoms with Crippen LogP contribution in [-0.4, -0.2) is 34.6 Å². The zero-order valence-electron chi connectivity index (χ0n) is 12.0. The fraction of sp³-hybridized carbons (Fsp3) is 0.438. The second-order valence-electron chi connectivity index (χ2n) is 5.52.